The lowest BCUT2D eigenvalue weighted by Crippen LogP contribution is -2.16. The minimum Gasteiger partial charge on any atom is -0.496 e. The standard InChI is InChI=1S/C17H15F3N2O3/c1-9-3-5-11(8-12(9)15(21)23)22-16(24)10-4-6-14(25-2)13(7-10)17(18,19)20/h3-8H,1-2H3,(H2,21,23)(H,22,24). The molecule has 2 aromatic rings. The first kappa shape index (κ1) is 18.3. The molecular formula is C17H15F3N2O3. The molecule has 2 rings (SSSR count). The van der Waals surface area contributed by atoms with Crippen molar-refractivity contribution in [1.82, 2.24) is 0 Å². The van der Waals surface area contributed by atoms with Gasteiger partial charge in [0.05, 0.1) is 12.7 Å². The summed E-state index contributed by atoms with van der Waals surface area (Å²) in [4.78, 5) is 23.5. The number of methoxy groups -OCH3 is 1. The molecule has 132 valence electrons. The molecule has 0 unspecified atom stereocenters. The van der Waals surface area contributed by atoms with Crippen molar-refractivity contribution >= 4 is 17.5 Å². The van der Waals surface area contributed by atoms with Crippen molar-refractivity contribution < 1.29 is 27.5 Å². The summed E-state index contributed by atoms with van der Waals surface area (Å²) in [5.74, 6) is -1.81. The van der Waals surface area contributed by atoms with Crippen LogP contribution in [0.4, 0.5) is 18.9 Å². The molecule has 0 bridgehead atoms. The molecule has 0 radical (unpaired) electrons. The summed E-state index contributed by atoms with van der Waals surface area (Å²) in [7, 11) is 1.11. The van der Waals surface area contributed by atoms with Crippen LogP contribution in [0.5, 0.6) is 5.75 Å². The van der Waals surface area contributed by atoms with Gasteiger partial charge in [0.15, 0.2) is 0 Å². The zero-order valence-corrected chi connectivity index (χ0v) is 13.4. The van der Waals surface area contributed by atoms with Crippen LogP contribution in [-0.2, 0) is 6.18 Å². The maximum Gasteiger partial charge on any atom is 0.419 e. The third kappa shape index (κ3) is 4.09. The van der Waals surface area contributed by atoms with Gasteiger partial charge in [0, 0.05) is 16.8 Å². The number of alkyl halides is 3. The number of nitrogens with two attached hydrogens (primary N) is 1. The van der Waals surface area contributed by atoms with Crippen molar-refractivity contribution in [1.29, 1.82) is 0 Å². The quantitative estimate of drug-likeness (QED) is 0.885. The van der Waals surface area contributed by atoms with Crippen LogP contribution in [0.15, 0.2) is 36.4 Å². The molecule has 0 aromatic heterocycles. The fraction of sp³-hybridized carbons (Fsp3) is 0.176. The predicted molar refractivity (Wildman–Crippen MR) is 85.6 cm³/mol. The number of halogens is 3. The second-order valence-electron chi connectivity index (χ2n) is 5.26. The highest BCUT2D eigenvalue weighted by Gasteiger charge is 2.35. The first-order valence-corrected chi connectivity index (χ1v) is 7.10. The van der Waals surface area contributed by atoms with Crippen LogP contribution in [0, 0.1) is 6.92 Å². The number of aryl methyl sites for hydroxylation is 1. The molecule has 0 saturated carbocycles. The lowest BCUT2D eigenvalue weighted by atomic mass is 10.1. The SMILES string of the molecule is COc1ccc(C(=O)Nc2ccc(C)c(C(N)=O)c2)cc1C(F)(F)F. The Kier molecular flexibility index (Phi) is 5.01. The van der Waals surface area contributed by atoms with Gasteiger partial charge in [0.1, 0.15) is 5.75 Å². The Morgan fingerprint density at radius 1 is 1.12 bits per heavy atom. The Labute approximate surface area is 141 Å². The first-order valence-electron chi connectivity index (χ1n) is 7.10. The molecule has 0 aliphatic carbocycles. The Balaban J connectivity index is 2.33. The minimum atomic E-state index is -4.66. The van der Waals surface area contributed by atoms with E-state index in [0.717, 1.165) is 13.2 Å². The summed E-state index contributed by atoms with van der Waals surface area (Å²) in [6.45, 7) is 1.67. The van der Waals surface area contributed by atoms with E-state index in [-0.39, 0.29) is 22.6 Å². The van der Waals surface area contributed by atoms with E-state index >= 15 is 0 Å². The Morgan fingerprint density at radius 2 is 1.80 bits per heavy atom. The van der Waals surface area contributed by atoms with Gasteiger partial charge < -0.3 is 15.8 Å². The van der Waals surface area contributed by atoms with Gasteiger partial charge in [-0.3, -0.25) is 9.59 Å². The lowest BCUT2D eigenvalue weighted by molar-refractivity contribution is -0.138. The molecule has 5 nitrogen and oxygen atoms in total. The third-order valence-corrected chi connectivity index (χ3v) is 3.53. The molecule has 0 saturated heterocycles. The number of carbonyl (C=O) groups is 2. The number of nitrogens with one attached hydrogen (secondary N) is 1. The van der Waals surface area contributed by atoms with Gasteiger partial charge in [-0.1, -0.05) is 6.07 Å². The smallest absolute Gasteiger partial charge is 0.419 e. The number of anilines is 1. The lowest BCUT2D eigenvalue weighted by Gasteiger charge is -2.14. The number of hydrogen-bond donors (Lipinski definition) is 2. The van der Waals surface area contributed by atoms with Crippen LogP contribution >= 0.6 is 0 Å². The van der Waals surface area contributed by atoms with Crippen molar-refractivity contribution in [2.24, 2.45) is 5.73 Å². The Bertz CT molecular complexity index is 832. The highest BCUT2D eigenvalue weighted by Crippen LogP contribution is 2.36. The average Bonchev–Trinajstić information content (AvgIpc) is 2.54. The molecule has 2 amide bonds. The zero-order valence-electron chi connectivity index (χ0n) is 13.4. The molecule has 8 heteroatoms. The number of rotatable bonds is 4. The molecule has 0 fully saturated rings. The highest BCUT2D eigenvalue weighted by molar-refractivity contribution is 6.05. The molecule has 0 aliphatic rings. The Hall–Kier alpha value is -3.03. The minimum absolute atomic E-state index is 0.200. The van der Waals surface area contributed by atoms with Crippen molar-refractivity contribution in [2.75, 3.05) is 12.4 Å². The van der Waals surface area contributed by atoms with Crippen LogP contribution in [-0.4, -0.2) is 18.9 Å². The fourth-order valence-electron chi connectivity index (χ4n) is 2.24. The molecule has 0 heterocycles. The summed E-state index contributed by atoms with van der Waals surface area (Å²) < 4.78 is 43.8. The molecule has 3 N–H and O–H groups in total. The summed E-state index contributed by atoms with van der Waals surface area (Å²) >= 11 is 0. The van der Waals surface area contributed by atoms with E-state index in [4.69, 9.17) is 5.73 Å². The van der Waals surface area contributed by atoms with Gasteiger partial charge in [-0.15, -0.1) is 0 Å². The number of carbonyl (C=O) groups excluding carboxylic acids is 2. The summed E-state index contributed by atoms with van der Waals surface area (Å²) in [6, 6.07) is 7.45. The second kappa shape index (κ2) is 6.84. The van der Waals surface area contributed by atoms with Gasteiger partial charge >= 0.3 is 6.18 Å². The van der Waals surface area contributed by atoms with Gasteiger partial charge in [-0.05, 0) is 42.8 Å². The first-order chi connectivity index (χ1) is 11.6. The van der Waals surface area contributed by atoms with Crippen LogP contribution in [0.25, 0.3) is 0 Å². The summed E-state index contributed by atoms with van der Waals surface area (Å²) in [6.07, 6.45) is -4.66. The number of amides is 2. The molecule has 25 heavy (non-hydrogen) atoms. The molecule has 0 aliphatic heterocycles. The predicted octanol–water partition coefficient (Wildman–Crippen LogP) is 3.37. The van der Waals surface area contributed by atoms with Crippen molar-refractivity contribution in [2.45, 2.75) is 13.1 Å². The second-order valence-corrected chi connectivity index (χ2v) is 5.26. The number of primary amides is 1. The average molecular weight is 352 g/mol. The zero-order chi connectivity index (χ0) is 18.8. The van der Waals surface area contributed by atoms with Gasteiger partial charge in [0.25, 0.3) is 5.91 Å². The van der Waals surface area contributed by atoms with Crippen LogP contribution in [0.1, 0.15) is 31.8 Å². The summed E-state index contributed by atoms with van der Waals surface area (Å²) in [5.41, 5.74) is 5.06. The van der Waals surface area contributed by atoms with Crippen molar-refractivity contribution in [3.8, 4) is 5.75 Å². The van der Waals surface area contributed by atoms with E-state index in [1.807, 2.05) is 0 Å². The van der Waals surface area contributed by atoms with Gasteiger partial charge in [-0.2, -0.15) is 13.2 Å². The molecule has 2 aromatic carbocycles. The maximum atomic E-state index is 13.0. The maximum absolute atomic E-state index is 13.0. The molecule has 0 atom stereocenters. The van der Waals surface area contributed by atoms with Crippen LogP contribution in [0.3, 0.4) is 0 Å². The van der Waals surface area contributed by atoms with Crippen LogP contribution in [0.2, 0.25) is 0 Å². The third-order valence-electron chi connectivity index (χ3n) is 3.53. The topological polar surface area (TPSA) is 81.4 Å². The summed E-state index contributed by atoms with van der Waals surface area (Å²) in [5, 5.41) is 2.44. The number of benzene rings is 2. The van der Waals surface area contributed by atoms with E-state index in [0.29, 0.717) is 11.6 Å². The fourth-order valence-corrected chi connectivity index (χ4v) is 2.24. The van der Waals surface area contributed by atoms with Crippen molar-refractivity contribution in [3.05, 3.63) is 58.7 Å². The number of hydrogen-bond acceptors (Lipinski definition) is 3. The monoisotopic (exact) mass is 352 g/mol. The van der Waals surface area contributed by atoms with Crippen molar-refractivity contribution in [3.63, 3.8) is 0 Å². The largest absolute Gasteiger partial charge is 0.496 e. The van der Waals surface area contributed by atoms with E-state index in [1.165, 1.54) is 18.2 Å². The van der Waals surface area contributed by atoms with Gasteiger partial charge in [0.2, 0.25) is 5.91 Å². The van der Waals surface area contributed by atoms with E-state index in [9.17, 15) is 22.8 Å². The van der Waals surface area contributed by atoms with E-state index < -0.39 is 23.6 Å². The van der Waals surface area contributed by atoms with Gasteiger partial charge in [-0.25, -0.2) is 0 Å². The number of ether oxygens (including phenoxy) is 1. The van der Waals surface area contributed by atoms with Crippen LogP contribution < -0.4 is 15.8 Å². The highest BCUT2D eigenvalue weighted by atomic mass is 19.4. The molecular weight excluding hydrogens is 337 g/mol. The normalized spacial score (nSPS) is 11.1. The van der Waals surface area contributed by atoms with E-state index in [2.05, 4.69) is 10.1 Å². The Morgan fingerprint density at radius 3 is 2.36 bits per heavy atom. The molecule has 0 spiro atoms. The van der Waals surface area contributed by atoms with E-state index in [1.54, 1.807) is 13.0 Å².